The third-order valence-electron chi connectivity index (χ3n) is 6.79. The van der Waals surface area contributed by atoms with E-state index in [4.69, 9.17) is 37.4 Å². The van der Waals surface area contributed by atoms with Crippen LogP contribution in [0, 0.1) is 0 Å². The van der Waals surface area contributed by atoms with Gasteiger partial charge in [0.05, 0.1) is 23.7 Å². The van der Waals surface area contributed by atoms with Gasteiger partial charge in [-0.05, 0) is 62.8 Å². The predicted molar refractivity (Wildman–Crippen MR) is 119 cm³/mol. The molecule has 0 N–H and O–H groups in total. The number of hydrogen-bond acceptors (Lipinski definition) is 6. The van der Waals surface area contributed by atoms with Gasteiger partial charge in [0.2, 0.25) is 5.28 Å². The van der Waals surface area contributed by atoms with Crippen LogP contribution in [0.1, 0.15) is 63.3 Å². The Balaban J connectivity index is 1.36. The minimum absolute atomic E-state index is 0.0112. The molecule has 3 fully saturated rings. The van der Waals surface area contributed by atoms with E-state index in [0.29, 0.717) is 10.8 Å². The standard InChI is InChI=1S/C22H25Cl2N5O3/c1-22(2)31-17-14(12-10-25-29(11-12)16-5-3-4-8-30-16)9-15(18(17)32-22)28-7-6-13-19(23)26-21(24)27-20(13)28/h6-7,10-11,14-18H,3-5,8-9H2,1-2H3/t14-,15-,16?,17-,18+/m1/s1. The van der Waals surface area contributed by atoms with E-state index in [1.165, 1.54) is 0 Å². The van der Waals surface area contributed by atoms with Crippen molar-refractivity contribution < 1.29 is 14.2 Å². The molecule has 32 heavy (non-hydrogen) atoms. The van der Waals surface area contributed by atoms with Gasteiger partial charge in [-0.25, -0.2) is 9.67 Å². The van der Waals surface area contributed by atoms with Crippen molar-refractivity contribution in [3.05, 3.63) is 40.7 Å². The van der Waals surface area contributed by atoms with Crippen LogP contribution in [0.4, 0.5) is 0 Å². The first-order chi connectivity index (χ1) is 15.4. The van der Waals surface area contributed by atoms with Crippen LogP contribution in [-0.2, 0) is 14.2 Å². The Morgan fingerprint density at radius 3 is 2.78 bits per heavy atom. The summed E-state index contributed by atoms with van der Waals surface area (Å²) in [7, 11) is 0. The molecular formula is C22H25Cl2N5O3. The molecule has 3 aromatic heterocycles. The smallest absolute Gasteiger partial charge is 0.225 e. The fourth-order valence-electron chi connectivity index (χ4n) is 5.43. The van der Waals surface area contributed by atoms with Crippen LogP contribution >= 0.6 is 23.2 Å². The number of ether oxygens (including phenoxy) is 3. The summed E-state index contributed by atoms with van der Waals surface area (Å²) < 4.78 is 22.8. The Hall–Kier alpha value is -1.71. The molecule has 3 aromatic rings. The minimum Gasteiger partial charge on any atom is -0.357 e. The Morgan fingerprint density at radius 1 is 1.12 bits per heavy atom. The molecule has 8 nitrogen and oxygen atoms in total. The predicted octanol–water partition coefficient (Wildman–Crippen LogP) is 4.88. The van der Waals surface area contributed by atoms with Crippen molar-refractivity contribution in [3.8, 4) is 0 Å². The van der Waals surface area contributed by atoms with Crippen molar-refractivity contribution in [1.29, 1.82) is 0 Å². The number of halogens is 2. The highest BCUT2D eigenvalue weighted by molar-refractivity contribution is 6.35. The van der Waals surface area contributed by atoms with Crippen LogP contribution in [0.15, 0.2) is 24.7 Å². The fourth-order valence-corrected chi connectivity index (χ4v) is 5.86. The first-order valence-corrected chi connectivity index (χ1v) is 11.9. The molecule has 170 valence electrons. The quantitative estimate of drug-likeness (QED) is 0.395. The topological polar surface area (TPSA) is 76.2 Å². The second-order valence-electron chi connectivity index (χ2n) is 9.29. The van der Waals surface area contributed by atoms with Gasteiger partial charge in [0.25, 0.3) is 0 Å². The molecule has 1 saturated carbocycles. The number of hydrogen-bond donors (Lipinski definition) is 0. The second-order valence-corrected chi connectivity index (χ2v) is 9.99. The largest absolute Gasteiger partial charge is 0.357 e. The summed E-state index contributed by atoms with van der Waals surface area (Å²) in [5.41, 5.74) is 1.85. The molecule has 10 heteroatoms. The summed E-state index contributed by atoms with van der Waals surface area (Å²) in [5.74, 6) is -0.531. The van der Waals surface area contributed by atoms with E-state index >= 15 is 0 Å². The van der Waals surface area contributed by atoms with E-state index in [1.807, 2.05) is 37.0 Å². The summed E-state index contributed by atoms with van der Waals surface area (Å²) in [6.07, 6.45) is 9.92. The maximum atomic E-state index is 6.39. The van der Waals surface area contributed by atoms with Gasteiger partial charge < -0.3 is 18.8 Å². The average Bonchev–Trinajstić information content (AvgIpc) is 3.51. The van der Waals surface area contributed by atoms with Gasteiger partial charge in [0.15, 0.2) is 5.79 Å². The molecule has 5 heterocycles. The highest BCUT2D eigenvalue weighted by Crippen LogP contribution is 2.51. The molecule has 0 spiro atoms. The Morgan fingerprint density at radius 2 is 1.97 bits per heavy atom. The highest BCUT2D eigenvalue weighted by Gasteiger charge is 2.55. The molecule has 2 aliphatic heterocycles. The lowest BCUT2D eigenvalue weighted by Crippen LogP contribution is -2.27. The van der Waals surface area contributed by atoms with Crippen LogP contribution in [0.2, 0.25) is 10.4 Å². The maximum absolute atomic E-state index is 6.39. The normalized spacial score (nSPS) is 31.9. The summed E-state index contributed by atoms with van der Waals surface area (Å²) >= 11 is 12.4. The number of nitrogens with zero attached hydrogens (tertiary/aromatic N) is 5. The Kier molecular flexibility index (Phi) is 5.00. The zero-order chi connectivity index (χ0) is 22.0. The highest BCUT2D eigenvalue weighted by atomic mass is 35.5. The lowest BCUT2D eigenvalue weighted by atomic mass is 9.98. The van der Waals surface area contributed by atoms with Crippen molar-refractivity contribution in [2.45, 2.75) is 75.7 Å². The molecular weight excluding hydrogens is 453 g/mol. The van der Waals surface area contributed by atoms with Crippen LogP contribution in [0.5, 0.6) is 0 Å². The van der Waals surface area contributed by atoms with E-state index in [0.717, 1.165) is 43.2 Å². The van der Waals surface area contributed by atoms with E-state index in [-0.39, 0.29) is 35.7 Å². The molecule has 0 bridgehead atoms. The Bertz CT molecular complexity index is 1160. The van der Waals surface area contributed by atoms with Crippen molar-refractivity contribution >= 4 is 34.2 Å². The Labute approximate surface area is 195 Å². The first kappa shape index (κ1) is 20.9. The lowest BCUT2D eigenvalue weighted by Gasteiger charge is -2.24. The van der Waals surface area contributed by atoms with Crippen molar-refractivity contribution in [2.75, 3.05) is 6.61 Å². The monoisotopic (exact) mass is 477 g/mol. The first-order valence-electron chi connectivity index (χ1n) is 11.1. The minimum atomic E-state index is -0.665. The molecule has 3 aliphatic rings. The summed E-state index contributed by atoms with van der Waals surface area (Å²) in [4.78, 5) is 8.53. The van der Waals surface area contributed by atoms with Gasteiger partial charge in [0, 0.05) is 24.9 Å². The van der Waals surface area contributed by atoms with Crippen LogP contribution in [0.3, 0.4) is 0 Å². The van der Waals surface area contributed by atoms with Crippen molar-refractivity contribution in [1.82, 2.24) is 24.3 Å². The van der Waals surface area contributed by atoms with Crippen LogP contribution < -0.4 is 0 Å². The van der Waals surface area contributed by atoms with Crippen molar-refractivity contribution in [3.63, 3.8) is 0 Å². The zero-order valence-electron chi connectivity index (χ0n) is 17.9. The number of aromatic nitrogens is 5. The lowest BCUT2D eigenvalue weighted by molar-refractivity contribution is -0.157. The third-order valence-corrected chi connectivity index (χ3v) is 7.25. The summed E-state index contributed by atoms with van der Waals surface area (Å²) in [6.45, 7) is 4.71. The number of rotatable bonds is 3. The van der Waals surface area contributed by atoms with E-state index in [1.54, 1.807) is 0 Å². The second kappa shape index (κ2) is 7.67. The van der Waals surface area contributed by atoms with Gasteiger partial charge in [-0.15, -0.1) is 0 Å². The van der Waals surface area contributed by atoms with Gasteiger partial charge in [-0.3, -0.25) is 0 Å². The van der Waals surface area contributed by atoms with E-state index in [9.17, 15) is 0 Å². The number of fused-ring (bicyclic) bond motifs is 2. The van der Waals surface area contributed by atoms with Crippen molar-refractivity contribution in [2.24, 2.45) is 0 Å². The van der Waals surface area contributed by atoms with Gasteiger partial charge in [0.1, 0.15) is 23.1 Å². The molecule has 0 radical (unpaired) electrons. The third kappa shape index (κ3) is 3.44. The van der Waals surface area contributed by atoms with Gasteiger partial charge in [-0.2, -0.15) is 10.1 Å². The summed E-state index contributed by atoms with van der Waals surface area (Å²) in [6, 6.07) is 1.94. The molecule has 2 saturated heterocycles. The SMILES string of the molecule is CC1(C)O[C@@H]2[C@H](O1)[C@@H](c1cnn(C3CCCCO3)c1)C[C@H]2n1ccc2c(Cl)nc(Cl)nc21. The van der Waals surface area contributed by atoms with Gasteiger partial charge >= 0.3 is 0 Å². The summed E-state index contributed by atoms with van der Waals surface area (Å²) in [5, 5.41) is 5.88. The molecule has 6 rings (SSSR count). The van der Waals surface area contributed by atoms with Crippen LogP contribution in [0.25, 0.3) is 11.0 Å². The van der Waals surface area contributed by atoms with Crippen LogP contribution in [-0.4, -0.2) is 48.9 Å². The molecule has 0 amide bonds. The average molecular weight is 478 g/mol. The van der Waals surface area contributed by atoms with E-state index < -0.39 is 5.79 Å². The molecule has 1 unspecified atom stereocenters. The molecule has 1 aliphatic carbocycles. The fraction of sp³-hybridized carbons (Fsp3) is 0.591. The van der Waals surface area contributed by atoms with E-state index in [2.05, 4.69) is 25.8 Å². The molecule has 5 atom stereocenters. The molecule has 0 aromatic carbocycles. The zero-order valence-corrected chi connectivity index (χ0v) is 19.5. The van der Waals surface area contributed by atoms with Gasteiger partial charge in [-0.1, -0.05) is 11.6 Å². The maximum Gasteiger partial charge on any atom is 0.225 e.